The number of rotatable bonds is 9. The average Bonchev–Trinajstić information content (AvgIpc) is 3.56. The first-order valence-electron chi connectivity index (χ1n) is 9.99. The molecule has 0 bridgehead atoms. The van der Waals surface area contributed by atoms with Gasteiger partial charge in [-0.25, -0.2) is 8.42 Å². The standard InChI is InChI=1S/C22H27ClN2O4S/c1-4-13-25(15-16-5-6-16)22(26)20-14-19(11-12-21(20)23)30(27,28)24(2)17-7-9-18(29-3)10-8-17/h7-12,14,16H,4-6,13,15H2,1-3H3. The van der Waals surface area contributed by atoms with Gasteiger partial charge < -0.3 is 9.64 Å². The van der Waals surface area contributed by atoms with Crippen molar-refractivity contribution in [3.8, 4) is 5.75 Å². The summed E-state index contributed by atoms with van der Waals surface area (Å²) in [6.45, 7) is 3.32. The minimum Gasteiger partial charge on any atom is -0.497 e. The highest BCUT2D eigenvalue weighted by Crippen LogP contribution is 2.32. The van der Waals surface area contributed by atoms with Crippen LogP contribution in [0.4, 0.5) is 5.69 Å². The largest absolute Gasteiger partial charge is 0.497 e. The third kappa shape index (κ3) is 4.90. The molecule has 30 heavy (non-hydrogen) atoms. The van der Waals surface area contributed by atoms with Crippen LogP contribution in [0.1, 0.15) is 36.5 Å². The third-order valence-electron chi connectivity index (χ3n) is 5.22. The highest BCUT2D eigenvalue weighted by Gasteiger charge is 2.29. The van der Waals surface area contributed by atoms with Crippen LogP contribution < -0.4 is 9.04 Å². The fourth-order valence-electron chi connectivity index (χ4n) is 3.25. The van der Waals surface area contributed by atoms with Crippen LogP contribution in [0.2, 0.25) is 5.02 Å². The zero-order chi connectivity index (χ0) is 21.9. The molecule has 2 aromatic rings. The Labute approximate surface area is 183 Å². The maximum absolute atomic E-state index is 13.2. The molecule has 6 nitrogen and oxygen atoms in total. The molecule has 1 aliphatic rings. The summed E-state index contributed by atoms with van der Waals surface area (Å²) in [4.78, 5) is 14.9. The molecular formula is C22H27ClN2O4S. The lowest BCUT2D eigenvalue weighted by Crippen LogP contribution is -2.34. The molecule has 0 atom stereocenters. The van der Waals surface area contributed by atoms with Crippen LogP contribution in [0.3, 0.4) is 0 Å². The molecule has 0 unspecified atom stereocenters. The van der Waals surface area contributed by atoms with Crippen molar-refractivity contribution in [1.82, 2.24) is 4.90 Å². The highest BCUT2D eigenvalue weighted by molar-refractivity contribution is 7.92. The van der Waals surface area contributed by atoms with E-state index in [1.165, 1.54) is 29.6 Å². The van der Waals surface area contributed by atoms with Gasteiger partial charge in [-0.15, -0.1) is 0 Å². The van der Waals surface area contributed by atoms with Crippen molar-refractivity contribution in [1.29, 1.82) is 0 Å². The molecule has 162 valence electrons. The summed E-state index contributed by atoms with van der Waals surface area (Å²) in [6.07, 6.45) is 3.08. The molecule has 1 aliphatic carbocycles. The highest BCUT2D eigenvalue weighted by atomic mass is 35.5. The lowest BCUT2D eigenvalue weighted by Gasteiger charge is -2.24. The number of hydrogen-bond acceptors (Lipinski definition) is 4. The molecule has 1 fully saturated rings. The summed E-state index contributed by atoms with van der Waals surface area (Å²) >= 11 is 6.30. The molecule has 0 heterocycles. The van der Waals surface area contributed by atoms with Crippen molar-refractivity contribution in [2.24, 2.45) is 5.92 Å². The summed E-state index contributed by atoms with van der Waals surface area (Å²) < 4.78 is 32.7. The zero-order valence-corrected chi connectivity index (χ0v) is 19.0. The molecule has 0 saturated heterocycles. The molecule has 0 spiro atoms. The lowest BCUT2D eigenvalue weighted by atomic mass is 10.2. The SMILES string of the molecule is CCCN(CC1CC1)C(=O)c1cc(S(=O)(=O)N(C)c2ccc(OC)cc2)ccc1Cl. The fraction of sp³-hybridized carbons (Fsp3) is 0.409. The van der Waals surface area contributed by atoms with Crippen LogP contribution in [0.25, 0.3) is 0 Å². The van der Waals surface area contributed by atoms with Crippen molar-refractivity contribution in [3.63, 3.8) is 0 Å². The topological polar surface area (TPSA) is 66.9 Å². The van der Waals surface area contributed by atoms with Gasteiger partial charge in [-0.05, 0) is 67.6 Å². The van der Waals surface area contributed by atoms with Gasteiger partial charge in [0.2, 0.25) is 0 Å². The number of carbonyl (C=O) groups excluding carboxylic acids is 1. The second-order valence-electron chi connectivity index (χ2n) is 7.51. The summed E-state index contributed by atoms with van der Waals surface area (Å²) in [5.41, 5.74) is 0.704. The summed E-state index contributed by atoms with van der Waals surface area (Å²) in [6, 6.07) is 11.0. The van der Waals surface area contributed by atoms with Crippen molar-refractivity contribution in [3.05, 3.63) is 53.1 Å². The fourth-order valence-corrected chi connectivity index (χ4v) is 4.67. The Balaban J connectivity index is 1.90. The van der Waals surface area contributed by atoms with Gasteiger partial charge in [0.1, 0.15) is 5.75 Å². The third-order valence-corrected chi connectivity index (χ3v) is 7.33. The number of amides is 1. The molecule has 8 heteroatoms. The zero-order valence-electron chi connectivity index (χ0n) is 17.5. The van der Waals surface area contributed by atoms with Crippen LogP contribution >= 0.6 is 11.6 Å². The van der Waals surface area contributed by atoms with E-state index in [0.717, 1.165) is 19.3 Å². The molecule has 1 saturated carbocycles. The maximum Gasteiger partial charge on any atom is 0.264 e. The monoisotopic (exact) mass is 450 g/mol. The van der Waals surface area contributed by atoms with Gasteiger partial charge in [-0.3, -0.25) is 9.10 Å². The Kier molecular flexibility index (Phi) is 6.93. The minimum atomic E-state index is -3.87. The van der Waals surface area contributed by atoms with Gasteiger partial charge in [0.25, 0.3) is 15.9 Å². The van der Waals surface area contributed by atoms with Crippen molar-refractivity contribution < 1.29 is 17.9 Å². The number of nitrogens with zero attached hydrogens (tertiary/aromatic N) is 2. The number of ether oxygens (including phenoxy) is 1. The molecule has 3 rings (SSSR count). The molecule has 0 aliphatic heterocycles. The van der Waals surface area contributed by atoms with E-state index in [-0.39, 0.29) is 21.4 Å². The van der Waals surface area contributed by atoms with Crippen LogP contribution in [-0.4, -0.2) is 46.5 Å². The Morgan fingerprint density at radius 2 is 1.83 bits per heavy atom. The molecule has 2 aromatic carbocycles. The quantitative estimate of drug-likeness (QED) is 0.566. The second-order valence-corrected chi connectivity index (χ2v) is 9.88. The van der Waals surface area contributed by atoms with Gasteiger partial charge >= 0.3 is 0 Å². The number of sulfonamides is 1. The number of halogens is 1. The number of anilines is 1. The van der Waals surface area contributed by atoms with E-state index in [1.807, 2.05) is 6.92 Å². The first kappa shape index (κ1) is 22.4. The van der Waals surface area contributed by atoms with Crippen molar-refractivity contribution >= 4 is 33.2 Å². The smallest absolute Gasteiger partial charge is 0.264 e. The van der Waals surface area contributed by atoms with E-state index < -0.39 is 10.0 Å². The van der Waals surface area contributed by atoms with Gasteiger partial charge in [0.05, 0.1) is 28.3 Å². The summed E-state index contributed by atoms with van der Waals surface area (Å²) in [5.74, 6) is 0.945. The Morgan fingerprint density at radius 3 is 2.40 bits per heavy atom. The van der Waals surface area contributed by atoms with Crippen LogP contribution in [0.15, 0.2) is 47.4 Å². The maximum atomic E-state index is 13.2. The average molecular weight is 451 g/mol. The van der Waals surface area contributed by atoms with Gasteiger partial charge in [0.15, 0.2) is 0 Å². The van der Waals surface area contributed by atoms with Crippen LogP contribution in [-0.2, 0) is 10.0 Å². The number of benzene rings is 2. The van der Waals surface area contributed by atoms with Crippen molar-refractivity contribution in [2.75, 3.05) is 31.6 Å². The van der Waals surface area contributed by atoms with E-state index in [4.69, 9.17) is 16.3 Å². The van der Waals surface area contributed by atoms with E-state index >= 15 is 0 Å². The number of methoxy groups -OCH3 is 1. The molecule has 0 radical (unpaired) electrons. The number of carbonyl (C=O) groups is 1. The second kappa shape index (κ2) is 9.27. The van der Waals surface area contributed by atoms with Gasteiger partial charge in [-0.1, -0.05) is 18.5 Å². The van der Waals surface area contributed by atoms with E-state index in [2.05, 4.69) is 0 Å². The normalized spacial score (nSPS) is 13.7. The van der Waals surface area contributed by atoms with Crippen LogP contribution in [0, 0.1) is 5.92 Å². The van der Waals surface area contributed by atoms with Gasteiger partial charge in [-0.2, -0.15) is 0 Å². The first-order chi connectivity index (χ1) is 14.3. The molecule has 0 aromatic heterocycles. The van der Waals surface area contributed by atoms with E-state index in [0.29, 0.717) is 30.4 Å². The Bertz CT molecular complexity index is 1000. The van der Waals surface area contributed by atoms with E-state index in [1.54, 1.807) is 36.3 Å². The molecule has 1 amide bonds. The molecular weight excluding hydrogens is 424 g/mol. The van der Waals surface area contributed by atoms with Crippen molar-refractivity contribution in [2.45, 2.75) is 31.1 Å². The minimum absolute atomic E-state index is 0.0245. The summed E-state index contributed by atoms with van der Waals surface area (Å²) in [7, 11) is -0.846. The summed E-state index contributed by atoms with van der Waals surface area (Å²) in [5, 5.41) is 0.253. The van der Waals surface area contributed by atoms with Gasteiger partial charge in [0, 0.05) is 20.1 Å². The first-order valence-corrected chi connectivity index (χ1v) is 11.8. The molecule has 0 N–H and O–H groups in total. The Morgan fingerprint density at radius 1 is 1.17 bits per heavy atom. The Hall–Kier alpha value is -2.25. The van der Waals surface area contributed by atoms with E-state index in [9.17, 15) is 13.2 Å². The predicted octanol–water partition coefficient (Wildman–Crippen LogP) is 4.44. The predicted molar refractivity (Wildman–Crippen MR) is 119 cm³/mol. The van der Waals surface area contributed by atoms with Crippen LogP contribution in [0.5, 0.6) is 5.75 Å². The lowest BCUT2D eigenvalue weighted by molar-refractivity contribution is 0.0747. The number of hydrogen-bond donors (Lipinski definition) is 0.